The molecule has 0 fully saturated rings. The molecular formula is C21H21N3O2. The smallest absolute Gasteiger partial charge is 0.246 e. The summed E-state index contributed by atoms with van der Waals surface area (Å²) < 4.78 is 7.10. The lowest BCUT2D eigenvalue weighted by atomic mass is 10.2. The fourth-order valence-electron chi connectivity index (χ4n) is 2.61. The minimum Gasteiger partial charge on any atom is -0.496 e. The highest BCUT2D eigenvalue weighted by Gasteiger charge is 2.08. The Hall–Kier alpha value is -3.34. The van der Waals surface area contributed by atoms with Crippen molar-refractivity contribution in [2.45, 2.75) is 6.54 Å². The van der Waals surface area contributed by atoms with Crippen LogP contribution in [0.5, 0.6) is 5.75 Å². The van der Waals surface area contributed by atoms with Crippen molar-refractivity contribution in [2.24, 2.45) is 0 Å². The molecule has 0 unspecified atom stereocenters. The molecule has 3 rings (SSSR count). The third-order valence-corrected chi connectivity index (χ3v) is 4.00. The number of aromatic nitrogens is 2. The number of amides is 1. The maximum Gasteiger partial charge on any atom is 0.246 e. The van der Waals surface area contributed by atoms with Crippen molar-refractivity contribution in [3.05, 3.63) is 84.2 Å². The molecule has 3 aromatic rings. The Labute approximate surface area is 153 Å². The van der Waals surface area contributed by atoms with Gasteiger partial charge in [0.25, 0.3) is 0 Å². The number of hydrogen-bond donors (Lipinski definition) is 0. The topological polar surface area (TPSA) is 47.4 Å². The maximum absolute atomic E-state index is 12.4. The highest BCUT2D eigenvalue weighted by molar-refractivity contribution is 5.92. The lowest BCUT2D eigenvalue weighted by molar-refractivity contribution is -0.125. The van der Waals surface area contributed by atoms with E-state index in [2.05, 4.69) is 5.10 Å². The standard InChI is InChI=1S/C21H21N3O2/c1-23(21(25)13-12-18-8-6-7-11-20(18)26-2)15-17-14-22-24(16-17)19-9-4-3-5-10-19/h3-14,16H,15H2,1-2H3/b13-12+. The number of para-hydroxylation sites is 2. The lowest BCUT2D eigenvalue weighted by Crippen LogP contribution is -2.23. The molecule has 26 heavy (non-hydrogen) atoms. The molecule has 0 aliphatic rings. The molecule has 0 saturated heterocycles. The van der Waals surface area contributed by atoms with Gasteiger partial charge in [-0.1, -0.05) is 36.4 Å². The van der Waals surface area contributed by atoms with Crippen LogP contribution >= 0.6 is 0 Å². The molecule has 0 atom stereocenters. The van der Waals surface area contributed by atoms with Crippen LogP contribution in [-0.2, 0) is 11.3 Å². The molecule has 0 radical (unpaired) electrons. The van der Waals surface area contributed by atoms with Gasteiger partial charge in [0.2, 0.25) is 5.91 Å². The van der Waals surface area contributed by atoms with Crippen molar-refractivity contribution in [1.82, 2.24) is 14.7 Å². The fraction of sp³-hybridized carbons (Fsp3) is 0.143. The van der Waals surface area contributed by atoms with Gasteiger partial charge in [-0.2, -0.15) is 5.10 Å². The highest BCUT2D eigenvalue weighted by atomic mass is 16.5. The monoisotopic (exact) mass is 347 g/mol. The Morgan fingerprint density at radius 2 is 1.88 bits per heavy atom. The molecule has 0 aliphatic heterocycles. The second kappa shape index (κ2) is 8.16. The summed E-state index contributed by atoms with van der Waals surface area (Å²) in [5.74, 6) is 0.659. The van der Waals surface area contributed by atoms with Crippen LogP contribution in [0.1, 0.15) is 11.1 Å². The van der Waals surface area contributed by atoms with E-state index in [1.54, 1.807) is 42.1 Å². The van der Waals surface area contributed by atoms with Gasteiger partial charge in [-0.25, -0.2) is 4.68 Å². The summed E-state index contributed by atoms with van der Waals surface area (Å²) in [7, 11) is 3.39. The average Bonchev–Trinajstić information content (AvgIpc) is 3.15. The number of methoxy groups -OCH3 is 1. The van der Waals surface area contributed by atoms with E-state index in [1.807, 2.05) is 60.8 Å². The number of likely N-dealkylation sites (N-methyl/N-ethyl adjacent to an activating group) is 1. The SMILES string of the molecule is COc1ccccc1/C=C/C(=O)N(C)Cc1cnn(-c2ccccc2)c1. The number of nitrogens with zero attached hydrogens (tertiary/aromatic N) is 3. The summed E-state index contributed by atoms with van der Waals surface area (Å²) in [5, 5.41) is 4.36. The number of carbonyl (C=O) groups is 1. The minimum atomic E-state index is -0.0802. The summed E-state index contributed by atoms with van der Waals surface area (Å²) >= 11 is 0. The quantitative estimate of drug-likeness (QED) is 0.641. The lowest BCUT2D eigenvalue weighted by Gasteiger charge is -2.13. The van der Waals surface area contributed by atoms with Gasteiger partial charge >= 0.3 is 0 Å². The van der Waals surface area contributed by atoms with Crippen LogP contribution in [0.2, 0.25) is 0 Å². The third-order valence-electron chi connectivity index (χ3n) is 4.00. The number of rotatable bonds is 6. The summed E-state index contributed by atoms with van der Waals surface area (Å²) in [6.45, 7) is 0.488. The van der Waals surface area contributed by atoms with Crippen molar-refractivity contribution in [2.75, 3.05) is 14.2 Å². The normalized spacial score (nSPS) is 10.8. The summed E-state index contributed by atoms with van der Waals surface area (Å²) in [6.07, 6.45) is 7.04. The second-order valence-electron chi connectivity index (χ2n) is 5.90. The van der Waals surface area contributed by atoms with Crippen LogP contribution in [0.3, 0.4) is 0 Å². The Morgan fingerprint density at radius 3 is 2.65 bits per heavy atom. The van der Waals surface area contributed by atoms with Crippen LogP contribution in [0.15, 0.2) is 73.1 Å². The van der Waals surface area contributed by atoms with Crippen molar-refractivity contribution >= 4 is 12.0 Å². The van der Waals surface area contributed by atoms with Gasteiger partial charge in [0.15, 0.2) is 0 Å². The van der Waals surface area contributed by atoms with Gasteiger partial charge in [-0.3, -0.25) is 4.79 Å². The number of carbonyl (C=O) groups excluding carboxylic acids is 1. The van der Waals surface area contributed by atoms with Gasteiger partial charge in [-0.15, -0.1) is 0 Å². The van der Waals surface area contributed by atoms with Crippen LogP contribution in [-0.4, -0.2) is 34.7 Å². The van der Waals surface area contributed by atoms with E-state index in [4.69, 9.17) is 4.74 Å². The Bertz CT molecular complexity index is 900. The van der Waals surface area contributed by atoms with Crippen molar-refractivity contribution in [3.63, 3.8) is 0 Å². The van der Waals surface area contributed by atoms with Crippen LogP contribution < -0.4 is 4.74 Å². The summed E-state index contributed by atoms with van der Waals surface area (Å²) in [5.41, 5.74) is 2.83. The van der Waals surface area contributed by atoms with E-state index in [1.165, 1.54) is 0 Å². The van der Waals surface area contributed by atoms with Crippen molar-refractivity contribution in [3.8, 4) is 11.4 Å². The molecule has 0 saturated carbocycles. The van der Waals surface area contributed by atoms with E-state index in [0.29, 0.717) is 6.54 Å². The first-order valence-corrected chi connectivity index (χ1v) is 8.32. The van der Waals surface area contributed by atoms with Crippen LogP contribution in [0.25, 0.3) is 11.8 Å². The van der Waals surface area contributed by atoms with E-state index in [9.17, 15) is 4.79 Å². The minimum absolute atomic E-state index is 0.0802. The molecular weight excluding hydrogens is 326 g/mol. The van der Waals surface area contributed by atoms with E-state index in [-0.39, 0.29) is 5.91 Å². The first-order valence-electron chi connectivity index (χ1n) is 8.32. The van der Waals surface area contributed by atoms with Gasteiger partial charge in [0, 0.05) is 37.0 Å². The zero-order valence-corrected chi connectivity index (χ0v) is 14.9. The summed E-state index contributed by atoms with van der Waals surface area (Å²) in [6, 6.07) is 17.5. The molecule has 2 aromatic carbocycles. The predicted molar refractivity (Wildman–Crippen MR) is 102 cm³/mol. The van der Waals surface area contributed by atoms with Gasteiger partial charge in [0.1, 0.15) is 5.75 Å². The molecule has 0 aliphatic carbocycles. The van der Waals surface area contributed by atoms with Gasteiger partial charge < -0.3 is 9.64 Å². The van der Waals surface area contributed by atoms with E-state index >= 15 is 0 Å². The Balaban J connectivity index is 1.64. The van der Waals surface area contributed by atoms with Crippen molar-refractivity contribution in [1.29, 1.82) is 0 Å². The van der Waals surface area contributed by atoms with Crippen LogP contribution in [0, 0.1) is 0 Å². The molecule has 0 spiro atoms. The molecule has 0 bridgehead atoms. The largest absolute Gasteiger partial charge is 0.496 e. The predicted octanol–water partition coefficient (Wildman–Crippen LogP) is 3.55. The molecule has 5 nitrogen and oxygen atoms in total. The molecule has 5 heteroatoms. The van der Waals surface area contributed by atoms with Gasteiger partial charge in [-0.05, 0) is 24.3 Å². The Morgan fingerprint density at radius 1 is 1.15 bits per heavy atom. The molecule has 132 valence electrons. The molecule has 1 heterocycles. The first kappa shape index (κ1) is 17.5. The van der Waals surface area contributed by atoms with Crippen molar-refractivity contribution < 1.29 is 9.53 Å². The fourth-order valence-corrected chi connectivity index (χ4v) is 2.61. The molecule has 1 amide bonds. The number of hydrogen-bond acceptors (Lipinski definition) is 3. The van der Waals surface area contributed by atoms with Gasteiger partial charge in [0.05, 0.1) is 19.0 Å². The maximum atomic E-state index is 12.4. The zero-order chi connectivity index (χ0) is 18.4. The average molecular weight is 347 g/mol. The van der Waals surface area contributed by atoms with E-state index < -0.39 is 0 Å². The highest BCUT2D eigenvalue weighted by Crippen LogP contribution is 2.18. The zero-order valence-electron chi connectivity index (χ0n) is 14.9. The number of ether oxygens (including phenoxy) is 1. The third kappa shape index (κ3) is 4.19. The molecule has 0 N–H and O–H groups in total. The Kier molecular flexibility index (Phi) is 5.49. The molecule has 1 aromatic heterocycles. The first-order chi connectivity index (χ1) is 12.7. The second-order valence-corrected chi connectivity index (χ2v) is 5.90. The summed E-state index contributed by atoms with van der Waals surface area (Å²) in [4.78, 5) is 14.0. The number of benzene rings is 2. The van der Waals surface area contributed by atoms with E-state index in [0.717, 1.165) is 22.6 Å². The van der Waals surface area contributed by atoms with Crippen LogP contribution in [0.4, 0.5) is 0 Å².